The molecule has 0 spiro atoms. The van der Waals surface area contributed by atoms with Gasteiger partial charge >= 0.3 is 12.1 Å². The number of hydrogen-bond donors (Lipinski definition) is 2. The molecule has 0 aliphatic heterocycles. The molecule has 8 heteroatoms. The normalized spacial score (nSPS) is 11.1. The highest BCUT2D eigenvalue weighted by atomic mass is 19.4. The number of benzene rings is 1. The molecule has 116 valence electrons. The molecule has 1 aromatic carbocycles. The van der Waals surface area contributed by atoms with Gasteiger partial charge in [0.2, 0.25) is 5.91 Å². The lowest BCUT2D eigenvalue weighted by molar-refractivity contribution is -0.138. The number of nitrogens with one attached hydrogen (secondary N) is 1. The maximum Gasteiger partial charge on any atom is 0.417 e. The van der Waals surface area contributed by atoms with Crippen molar-refractivity contribution in [3.8, 4) is 0 Å². The lowest BCUT2D eigenvalue weighted by Crippen LogP contribution is -2.35. The molecule has 0 saturated carbocycles. The molecule has 1 rings (SSSR count). The Hall–Kier alpha value is -2.25. The Balaban J connectivity index is 3.26. The van der Waals surface area contributed by atoms with Crippen LogP contribution in [-0.4, -0.2) is 37.1 Å². The number of carboxylic acids is 1. The molecular formula is C13H15F3N2O3. The van der Waals surface area contributed by atoms with Gasteiger partial charge in [-0.05, 0) is 25.1 Å². The summed E-state index contributed by atoms with van der Waals surface area (Å²) in [5.74, 6) is -2.00. The first-order chi connectivity index (χ1) is 9.70. The summed E-state index contributed by atoms with van der Waals surface area (Å²) in [7, 11) is 1.42. The van der Waals surface area contributed by atoms with E-state index in [-0.39, 0.29) is 18.1 Å². The number of carbonyl (C=O) groups excluding carboxylic acids is 1. The lowest BCUT2D eigenvalue weighted by Gasteiger charge is -2.23. The third-order valence-corrected chi connectivity index (χ3v) is 2.90. The van der Waals surface area contributed by atoms with Crippen molar-refractivity contribution in [3.63, 3.8) is 0 Å². The van der Waals surface area contributed by atoms with E-state index in [1.54, 1.807) is 6.92 Å². The topological polar surface area (TPSA) is 69.6 Å². The molecular weight excluding hydrogens is 289 g/mol. The average Bonchev–Trinajstić information content (AvgIpc) is 2.42. The molecule has 0 atom stereocenters. The molecule has 1 aromatic rings. The number of nitrogens with zero attached hydrogens (tertiary/aromatic N) is 1. The second-order valence-electron chi connectivity index (χ2n) is 4.22. The summed E-state index contributed by atoms with van der Waals surface area (Å²) < 4.78 is 38.8. The van der Waals surface area contributed by atoms with E-state index in [0.717, 1.165) is 12.1 Å². The summed E-state index contributed by atoms with van der Waals surface area (Å²) in [6.45, 7) is 1.87. The molecule has 0 aromatic heterocycles. The number of anilines is 1. The van der Waals surface area contributed by atoms with Crippen molar-refractivity contribution in [3.05, 3.63) is 29.3 Å². The molecule has 0 heterocycles. The molecule has 0 unspecified atom stereocenters. The zero-order valence-corrected chi connectivity index (χ0v) is 11.5. The number of aromatic carboxylic acids is 1. The predicted octanol–water partition coefficient (Wildman–Crippen LogP) is 1.98. The molecule has 0 fully saturated rings. The van der Waals surface area contributed by atoms with Gasteiger partial charge in [0, 0.05) is 19.3 Å². The summed E-state index contributed by atoms with van der Waals surface area (Å²) >= 11 is 0. The van der Waals surface area contributed by atoms with E-state index in [1.807, 2.05) is 0 Å². The lowest BCUT2D eigenvalue weighted by atomic mass is 10.1. The van der Waals surface area contributed by atoms with E-state index >= 15 is 0 Å². The summed E-state index contributed by atoms with van der Waals surface area (Å²) in [5, 5.41) is 11.2. The first-order valence-electron chi connectivity index (χ1n) is 6.10. The van der Waals surface area contributed by atoms with Gasteiger partial charge in [0.15, 0.2) is 0 Å². The SMILES string of the molecule is CCN(CC(=O)NC)c1ccc(C(=O)O)c(C(F)(F)F)c1. The summed E-state index contributed by atoms with van der Waals surface area (Å²) in [6, 6.07) is 2.90. The highest BCUT2D eigenvalue weighted by Crippen LogP contribution is 2.34. The smallest absolute Gasteiger partial charge is 0.417 e. The number of halogens is 3. The Morgan fingerprint density at radius 1 is 1.33 bits per heavy atom. The minimum Gasteiger partial charge on any atom is -0.478 e. The number of alkyl halides is 3. The van der Waals surface area contributed by atoms with Gasteiger partial charge in [0.1, 0.15) is 0 Å². The van der Waals surface area contributed by atoms with Crippen LogP contribution in [0.5, 0.6) is 0 Å². The molecule has 0 radical (unpaired) electrons. The van der Waals surface area contributed by atoms with E-state index < -0.39 is 23.3 Å². The largest absolute Gasteiger partial charge is 0.478 e. The summed E-state index contributed by atoms with van der Waals surface area (Å²) in [4.78, 5) is 23.6. The van der Waals surface area contributed by atoms with Crippen LogP contribution >= 0.6 is 0 Å². The van der Waals surface area contributed by atoms with Crippen molar-refractivity contribution in [1.29, 1.82) is 0 Å². The molecule has 0 bridgehead atoms. The second-order valence-corrected chi connectivity index (χ2v) is 4.22. The fourth-order valence-corrected chi connectivity index (χ4v) is 1.79. The van der Waals surface area contributed by atoms with Crippen molar-refractivity contribution in [2.75, 3.05) is 25.0 Å². The molecule has 0 aliphatic carbocycles. The van der Waals surface area contributed by atoms with Crippen molar-refractivity contribution in [2.24, 2.45) is 0 Å². The number of likely N-dealkylation sites (N-methyl/N-ethyl adjacent to an activating group) is 2. The summed E-state index contributed by atoms with van der Waals surface area (Å²) in [5.41, 5.74) is -1.91. The Kier molecular flexibility index (Phi) is 5.17. The summed E-state index contributed by atoms with van der Waals surface area (Å²) in [6.07, 6.45) is -4.78. The van der Waals surface area contributed by atoms with E-state index in [1.165, 1.54) is 18.0 Å². The fourth-order valence-electron chi connectivity index (χ4n) is 1.79. The molecule has 2 N–H and O–H groups in total. The van der Waals surface area contributed by atoms with E-state index in [2.05, 4.69) is 5.32 Å². The van der Waals surface area contributed by atoms with Gasteiger partial charge in [-0.15, -0.1) is 0 Å². The number of amides is 1. The highest BCUT2D eigenvalue weighted by molar-refractivity contribution is 5.90. The third-order valence-electron chi connectivity index (χ3n) is 2.90. The number of hydrogen-bond acceptors (Lipinski definition) is 3. The second kappa shape index (κ2) is 6.47. The maximum absolute atomic E-state index is 12.9. The van der Waals surface area contributed by atoms with Crippen LogP contribution in [0.15, 0.2) is 18.2 Å². The molecule has 0 aliphatic rings. The van der Waals surface area contributed by atoms with Crippen LogP contribution in [-0.2, 0) is 11.0 Å². The fraction of sp³-hybridized carbons (Fsp3) is 0.385. The zero-order valence-electron chi connectivity index (χ0n) is 11.5. The third kappa shape index (κ3) is 4.11. The standard InChI is InChI=1S/C13H15F3N2O3/c1-3-18(7-11(19)17-2)8-4-5-9(12(20)21)10(6-8)13(14,15)16/h4-6H,3,7H2,1-2H3,(H,17,19)(H,20,21). The van der Waals surface area contributed by atoms with Gasteiger partial charge in [-0.1, -0.05) is 0 Å². The Labute approximate surface area is 119 Å². The first-order valence-corrected chi connectivity index (χ1v) is 6.10. The van der Waals surface area contributed by atoms with Crippen molar-refractivity contribution in [1.82, 2.24) is 5.32 Å². The van der Waals surface area contributed by atoms with Crippen molar-refractivity contribution in [2.45, 2.75) is 13.1 Å². The minimum absolute atomic E-state index is 0.114. The monoisotopic (exact) mass is 304 g/mol. The van der Waals surface area contributed by atoms with Gasteiger partial charge in [-0.2, -0.15) is 13.2 Å². The molecule has 21 heavy (non-hydrogen) atoms. The molecule has 0 saturated heterocycles. The van der Waals surface area contributed by atoms with Crippen LogP contribution in [0.1, 0.15) is 22.8 Å². The minimum atomic E-state index is -4.78. The van der Waals surface area contributed by atoms with E-state index in [0.29, 0.717) is 6.54 Å². The predicted molar refractivity (Wildman–Crippen MR) is 70.4 cm³/mol. The van der Waals surface area contributed by atoms with Crippen LogP contribution in [0, 0.1) is 0 Å². The van der Waals surface area contributed by atoms with Crippen LogP contribution in [0.4, 0.5) is 18.9 Å². The first kappa shape index (κ1) is 16.8. The van der Waals surface area contributed by atoms with Crippen LogP contribution < -0.4 is 10.2 Å². The Bertz CT molecular complexity index is 544. The van der Waals surface area contributed by atoms with Crippen molar-refractivity contribution < 1.29 is 27.9 Å². The number of carbonyl (C=O) groups is 2. The van der Waals surface area contributed by atoms with Gasteiger partial charge in [0.05, 0.1) is 17.7 Å². The molecule has 1 amide bonds. The van der Waals surface area contributed by atoms with Crippen LogP contribution in [0.3, 0.4) is 0 Å². The van der Waals surface area contributed by atoms with Crippen LogP contribution in [0.2, 0.25) is 0 Å². The van der Waals surface area contributed by atoms with E-state index in [9.17, 15) is 22.8 Å². The quantitative estimate of drug-likeness (QED) is 0.872. The Morgan fingerprint density at radius 2 is 1.95 bits per heavy atom. The molecule has 5 nitrogen and oxygen atoms in total. The zero-order chi connectivity index (χ0) is 16.2. The van der Waals surface area contributed by atoms with Crippen molar-refractivity contribution >= 4 is 17.6 Å². The van der Waals surface area contributed by atoms with Gasteiger partial charge in [-0.25, -0.2) is 4.79 Å². The number of rotatable bonds is 5. The van der Waals surface area contributed by atoms with Gasteiger partial charge < -0.3 is 15.3 Å². The highest BCUT2D eigenvalue weighted by Gasteiger charge is 2.36. The van der Waals surface area contributed by atoms with Gasteiger partial charge in [-0.3, -0.25) is 4.79 Å². The Morgan fingerprint density at radius 3 is 2.38 bits per heavy atom. The van der Waals surface area contributed by atoms with Gasteiger partial charge in [0.25, 0.3) is 0 Å². The number of carboxylic acid groups (broad SMARTS) is 1. The maximum atomic E-state index is 12.9. The van der Waals surface area contributed by atoms with Crippen LogP contribution in [0.25, 0.3) is 0 Å². The van der Waals surface area contributed by atoms with E-state index in [4.69, 9.17) is 5.11 Å². The average molecular weight is 304 g/mol.